The standard InChI is InChI=1S/C21H29FN8O/c22-18-19(16-15-23-5-6-24-16)26-21(27-20(18)29-11-13-31-14-12-29)30-9-7-28(8-10-30)17-3-1-2-4-25-17/h1-4,16,23-24H,5-15H2. The molecule has 1 atom stereocenters. The van der Waals surface area contributed by atoms with Crippen LogP contribution in [0.25, 0.3) is 0 Å². The Balaban J connectivity index is 1.41. The van der Waals surface area contributed by atoms with Crippen molar-refractivity contribution in [2.24, 2.45) is 0 Å². The summed E-state index contributed by atoms with van der Waals surface area (Å²) in [6.07, 6.45) is 1.82. The second-order valence-electron chi connectivity index (χ2n) is 8.02. The molecule has 0 aromatic carbocycles. The zero-order chi connectivity index (χ0) is 21.0. The van der Waals surface area contributed by atoms with Crippen LogP contribution in [0.1, 0.15) is 11.7 Å². The predicted molar refractivity (Wildman–Crippen MR) is 117 cm³/mol. The molecule has 0 amide bonds. The van der Waals surface area contributed by atoms with E-state index in [0.29, 0.717) is 50.3 Å². The van der Waals surface area contributed by atoms with E-state index < -0.39 is 0 Å². The number of nitrogens with one attached hydrogen (secondary N) is 2. The molecule has 2 N–H and O–H groups in total. The van der Waals surface area contributed by atoms with Crippen LogP contribution in [0.15, 0.2) is 24.4 Å². The molecule has 0 spiro atoms. The van der Waals surface area contributed by atoms with Crippen LogP contribution in [0, 0.1) is 5.82 Å². The topological polar surface area (TPSA) is 81.7 Å². The van der Waals surface area contributed by atoms with Gasteiger partial charge in [-0.15, -0.1) is 0 Å². The molecule has 9 nitrogen and oxygen atoms in total. The lowest BCUT2D eigenvalue weighted by Gasteiger charge is -2.36. The molecule has 10 heteroatoms. The number of aromatic nitrogens is 3. The van der Waals surface area contributed by atoms with Gasteiger partial charge in [0.25, 0.3) is 0 Å². The van der Waals surface area contributed by atoms with Crippen molar-refractivity contribution in [2.45, 2.75) is 6.04 Å². The first-order chi connectivity index (χ1) is 15.3. The zero-order valence-electron chi connectivity index (χ0n) is 17.6. The fourth-order valence-electron chi connectivity index (χ4n) is 4.32. The molecule has 3 aliphatic rings. The number of ether oxygens (including phenoxy) is 1. The number of nitrogens with zero attached hydrogens (tertiary/aromatic N) is 6. The molecule has 166 valence electrons. The first-order valence-electron chi connectivity index (χ1n) is 11.0. The van der Waals surface area contributed by atoms with Gasteiger partial charge in [0.05, 0.1) is 19.3 Å². The van der Waals surface area contributed by atoms with Crippen LogP contribution in [-0.4, -0.2) is 87.1 Å². The van der Waals surface area contributed by atoms with E-state index in [9.17, 15) is 0 Å². The van der Waals surface area contributed by atoms with Gasteiger partial charge in [-0.25, -0.2) is 14.4 Å². The van der Waals surface area contributed by atoms with Crippen molar-refractivity contribution in [1.82, 2.24) is 25.6 Å². The van der Waals surface area contributed by atoms with Gasteiger partial charge in [0.1, 0.15) is 11.5 Å². The molecule has 3 fully saturated rings. The molecule has 2 aromatic heterocycles. The molecule has 3 saturated heterocycles. The lowest BCUT2D eigenvalue weighted by molar-refractivity contribution is 0.122. The van der Waals surface area contributed by atoms with Crippen LogP contribution in [-0.2, 0) is 4.74 Å². The fraction of sp³-hybridized carbons (Fsp3) is 0.571. The number of hydrogen-bond acceptors (Lipinski definition) is 9. The number of hydrogen-bond donors (Lipinski definition) is 2. The second-order valence-corrected chi connectivity index (χ2v) is 8.02. The second kappa shape index (κ2) is 9.29. The number of piperazine rings is 2. The van der Waals surface area contributed by atoms with Gasteiger partial charge in [-0.1, -0.05) is 6.07 Å². The molecule has 0 bridgehead atoms. The van der Waals surface area contributed by atoms with E-state index in [1.807, 2.05) is 29.3 Å². The Morgan fingerprint density at radius 2 is 1.74 bits per heavy atom. The van der Waals surface area contributed by atoms with Crippen molar-refractivity contribution in [3.05, 3.63) is 35.9 Å². The summed E-state index contributed by atoms with van der Waals surface area (Å²) in [6.45, 7) is 7.94. The third kappa shape index (κ3) is 4.41. The highest BCUT2D eigenvalue weighted by Gasteiger charge is 2.29. The molecular weight excluding hydrogens is 399 g/mol. The highest BCUT2D eigenvalue weighted by Crippen LogP contribution is 2.28. The number of morpholine rings is 1. The summed E-state index contributed by atoms with van der Waals surface area (Å²) in [5.41, 5.74) is 0.450. The van der Waals surface area contributed by atoms with Crippen LogP contribution < -0.4 is 25.3 Å². The third-order valence-electron chi connectivity index (χ3n) is 6.07. The van der Waals surface area contributed by atoms with Gasteiger partial charge in [0.15, 0.2) is 11.6 Å². The van der Waals surface area contributed by atoms with Crippen molar-refractivity contribution in [2.75, 3.05) is 86.8 Å². The van der Waals surface area contributed by atoms with Gasteiger partial charge in [-0.05, 0) is 12.1 Å². The summed E-state index contributed by atoms with van der Waals surface area (Å²) in [5, 5.41) is 6.73. The van der Waals surface area contributed by atoms with Gasteiger partial charge in [-0.3, -0.25) is 0 Å². The Morgan fingerprint density at radius 1 is 0.935 bits per heavy atom. The van der Waals surface area contributed by atoms with E-state index in [-0.39, 0.29) is 11.9 Å². The molecule has 0 saturated carbocycles. The first-order valence-corrected chi connectivity index (χ1v) is 11.0. The Kier molecular flexibility index (Phi) is 6.10. The summed E-state index contributed by atoms with van der Waals surface area (Å²) in [5.74, 6) is 1.65. The van der Waals surface area contributed by atoms with Crippen molar-refractivity contribution in [3.63, 3.8) is 0 Å². The lowest BCUT2D eigenvalue weighted by Crippen LogP contribution is -2.48. The summed E-state index contributed by atoms with van der Waals surface area (Å²) in [4.78, 5) is 20.3. The quantitative estimate of drug-likeness (QED) is 0.720. The monoisotopic (exact) mass is 428 g/mol. The molecule has 1 unspecified atom stereocenters. The minimum atomic E-state index is -0.320. The molecule has 0 aliphatic carbocycles. The average Bonchev–Trinajstić information content (AvgIpc) is 2.86. The lowest BCUT2D eigenvalue weighted by atomic mass is 10.1. The smallest absolute Gasteiger partial charge is 0.227 e. The zero-order valence-corrected chi connectivity index (χ0v) is 17.6. The van der Waals surface area contributed by atoms with Crippen molar-refractivity contribution in [3.8, 4) is 0 Å². The SMILES string of the molecule is Fc1c(C2CNCCN2)nc(N2CCN(c3ccccn3)CC2)nc1N1CCOCC1. The minimum Gasteiger partial charge on any atom is -0.378 e. The number of anilines is 3. The summed E-state index contributed by atoms with van der Waals surface area (Å²) >= 11 is 0. The van der Waals surface area contributed by atoms with Gasteiger partial charge in [0.2, 0.25) is 5.95 Å². The molecule has 5 rings (SSSR count). The first kappa shape index (κ1) is 20.3. The van der Waals surface area contributed by atoms with Crippen LogP contribution in [0.5, 0.6) is 0 Å². The Bertz CT molecular complexity index is 826. The third-order valence-corrected chi connectivity index (χ3v) is 6.07. The molecule has 5 heterocycles. The molecule has 0 radical (unpaired) electrons. The van der Waals surface area contributed by atoms with Crippen molar-refractivity contribution < 1.29 is 9.13 Å². The van der Waals surface area contributed by atoms with E-state index in [4.69, 9.17) is 14.7 Å². The minimum absolute atomic E-state index is 0.162. The maximum atomic E-state index is 15.6. The predicted octanol–water partition coefficient (Wildman–Crippen LogP) is 0.408. The normalized spacial score (nSPS) is 22.6. The molecular formula is C21H29FN8O. The Hall–Kier alpha value is -2.56. The Labute approximate surface area is 181 Å². The van der Waals surface area contributed by atoms with E-state index in [2.05, 4.69) is 25.4 Å². The molecule has 31 heavy (non-hydrogen) atoms. The average molecular weight is 429 g/mol. The van der Waals surface area contributed by atoms with Gasteiger partial charge >= 0.3 is 0 Å². The van der Waals surface area contributed by atoms with Crippen LogP contribution in [0.4, 0.5) is 22.0 Å². The van der Waals surface area contributed by atoms with Gasteiger partial charge in [-0.2, -0.15) is 4.98 Å². The summed E-state index contributed by atoms with van der Waals surface area (Å²) < 4.78 is 21.0. The summed E-state index contributed by atoms with van der Waals surface area (Å²) in [6, 6.07) is 5.80. The largest absolute Gasteiger partial charge is 0.378 e. The molecule has 2 aromatic rings. The fourth-order valence-corrected chi connectivity index (χ4v) is 4.32. The van der Waals surface area contributed by atoms with Crippen LogP contribution in [0.3, 0.4) is 0 Å². The highest BCUT2D eigenvalue weighted by molar-refractivity contribution is 5.50. The van der Waals surface area contributed by atoms with E-state index in [1.54, 1.807) is 0 Å². The number of rotatable bonds is 4. The maximum absolute atomic E-state index is 15.6. The van der Waals surface area contributed by atoms with Gasteiger partial charge < -0.3 is 30.1 Å². The van der Waals surface area contributed by atoms with E-state index in [0.717, 1.165) is 45.1 Å². The van der Waals surface area contributed by atoms with Gasteiger partial charge in [0, 0.05) is 65.1 Å². The Morgan fingerprint density at radius 3 is 2.45 bits per heavy atom. The number of pyridine rings is 1. The molecule has 3 aliphatic heterocycles. The van der Waals surface area contributed by atoms with Crippen LogP contribution in [0.2, 0.25) is 0 Å². The number of halogens is 1. The highest BCUT2D eigenvalue weighted by atomic mass is 19.1. The van der Waals surface area contributed by atoms with Crippen molar-refractivity contribution >= 4 is 17.6 Å². The van der Waals surface area contributed by atoms with E-state index in [1.165, 1.54) is 0 Å². The van der Waals surface area contributed by atoms with E-state index >= 15 is 4.39 Å². The summed E-state index contributed by atoms with van der Waals surface area (Å²) in [7, 11) is 0. The maximum Gasteiger partial charge on any atom is 0.227 e. The van der Waals surface area contributed by atoms with Crippen molar-refractivity contribution in [1.29, 1.82) is 0 Å². The van der Waals surface area contributed by atoms with Crippen LogP contribution >= 0.6 is 0 Å².